The molecule has 30 heavy (non-hydrogen) atoms. The first-order chi connectivity index (χ1) is 14.6. The van der Waals surface area contributed by atoms with Gasteiger partial charge in [0.05, 0.1) is 11.6 Å². The van der Waals surface area contributed by atoms with Gasteiger partial charge in [0.2, 0.25) is 0 Å². The number of rotatable bonds is 1. The van der Waals surface area contributed by atoms with Gasteiger partial charge >= 0.3 is 0 Å². The lowest BCUT2D eigenvalue weighted by molar-refractivity contribution is 0.125. The van der Waals surface area contributed by atoms with Crippen LogP contribution in [0.5, 0.6) is 0 Å². The van der Waals surface area contributed by atoms with Crippen LogP contribution < -0.4 is 0 Å². The van der Waals surface area contributed by atoms with Crippen molar-refractivity contribution in [1.29, 1.82) is 0 Å². The highest BCUT2D eigenvalue weighted by atomic mass is 16.3. The fourth-order valence-corrected chi connectivity index (χ4v) is 7.46. The SMILES string of the molecule is CC12CC=C3C=C4CC(O)CCC4CCC3C1CC[C@@H]2c1ccc2ncncc2c1. The molecule has 2 saturated carbocycles. The van der Waals surface area contributed by atoms with Crippen LogP contribution in [0, 0.1) is 23.2 Å². The van der Waals surface area contributed by atoms with Gasteiger partial charge in [-0.05, 0) is 104 Å². The van der Waals surface area contributed by atoms with Crippen molar-refractivity contribution in [1.82, 2.24) is 9.97 Å². The van der Waals surface area contributed by atoms with Crippen molar-refractivity contribution in [3.63, 3.8) is 0 Å². The maximum absolute atomic E-state index is 10.2. The second-order valence-electron chi connectivity index (χ2n) is 10.5. The molecule has 0 amide bonds. The zero-order valence-corrected chi connectivity index (χ0v) is 17.9. The Bertz CT molecular complexity index is 1040. The minimum atomic E-state index is -0.119. The topological polar surface area (TPSA) is 46.0 Å². The Hall–Kier alpha value is -2.00. The molecular formula is C27H32N2O. The van der Waals surface area contributed by atoms with E-state index in [1.165, 1.54) is 49.7 Å². The van der Waals surface area contributed by atoms with Gasteiger partial charge in [-0.1, -0.05) is 30.7 Å². The molecule has 4 aliphatic rings. The van der Waals surface area contributed by atoms with Crippen LogP contribution in [0.1, 0.15) is 69.8 Å². The summed E-state index contributed by atoms with van der Waals surface area (Å²) in [6.07, 6.45) is 18.1. The summed E-state index contributed by atoms with van der Waals surface area (Å²) in [4.78, 5) is 8.65. The number of hydrogen-bond acceptors (Lipinski definition) is 3. The van der Waals surface area contributed by atoms with Gasteiger partial charge in [-0.2, -0.15) is 0 Å². The van der Waals surface area contributed by atoms with Gasteiger partial charge in [0, 0.05) is 11.6 Å². The van der Waals surface area contributed by atoms with Crippen LogP contribution in [0.25, 0.3) is 10.9 Å². The van der Waals surface area contributed by atoms with Crippen molar-refractivity contribution in [3.8, 4) is 0 Å². The minimum Gasteiger partial charge on any atom is -0.393 e. The molecule has 0 aliphatic heterocycles. The molecule has 2 fully saturated rings. The van der Waals surface area contributed by atoms with Gasteiger partial charge in [-0.3, -0.25) is 0 Å². The van der Waals surface area contributed by atoms with E-state index in [-0.39, 0.29) is 6.10 Å². The minimum absolute atomic E-state index is 0.119. The first-order valence-electron chi connectivity index (χ1n) is 11.9. The number of allylic oxidation sites excluding steroid dienone is 3. The van der Waals surface area contributed by atoms with E-state index < -0.39 is 0 Å². The lowest BCUT2D eigenvalue weighted by Crippen LogP contribution is -2.35. The van der Waals surface area contributed by atoms with Crippen LogP contribution in [-0.2, 0) is 0 Å². The van der Waals surface area contributed by atoms with E-state index in [9.17, 15) is 5.11 Å². The molecule has 6 atom stereocenters. The monoisotopic (exact) mass is 400 g/mol. The molecule has 3 nitrogen and oxygen atoms in total. The highest BCUT2D eigenvalue weighted by Crippen LogP contribution is 2.62. The molecule has 0 radical (unpaired) electrons. The molecule has 0 spiro atoms. The van der Waals surface area contributed by atoms with Gasteiger partial charge in [0.25, 0.3) is 0 Å². The maximum Gasteiger partial charge on any atom is 0.116 e. The smallest absolute Gasteiger partial charge is 0.116 e. The Balaban J connectivity index is 1.33. The molecule has 0 saturated heterocycles. The molecule has 1 aromatic heterocycles. The lowest BCUT2D eigenvalue weighted by atomic mass is 9.60. The van der Waals surface area contributed by atoms with Crippen LogP contribution in [0.2, 0.25) is 0 Å². The van der Waals surface area contributed by atoms with Crippen molar-refractivity contribution in [2.75, 3.05) is 0 Å². The van der Waals surface area contributed by atoms with Gasteiger partial charge in [-0.15, -0.1) is 0 Å². The highest BCUT2D eigenvalue weighted by molar-refractivity contribution is 5.78. The quantitative estimate of drug-likeness (QED) is 0.643. The molecule has 6 rings (SSSR count). The fourth-order valence-electron chi connectivity index (χ4n) is 7.46. The summed E-state index contributed by atoms with van der Waals surface area (Å²) in [6, 6.07) is 6.84. The summed E-state index contributed by atoms with van der Waals surface area (Å²) in [6.45, 7) is 2.56. The number of nitrogens with zero attached hydrogens (tertiary/aromatic N) is 2. The molecule has 1 N–H and O–H groups in total. The van der Waals surface area contributed by atoms with Crippen molar-refractivity contribution < 1.29 is 5.11 Å². The van der Waals surface area contributed by atoms with E-state index in [1.54, 1.807) is 11.9 Å². The summed E-state index contributed by atoms with van der Waals surface area (Å²) in [5.41, 5.74) is 5.99. The number of hydrogen-bond donors (Lipinski definition) is 1. The van der Waals surface area contributed by atoms with Gasteiger partial charge in [0.1, 0.15) is 6.33 Å². The molecule has 1 heterocycles. The first kappa shape index (κ1) is 18.7. The molecule has 0 bridgehead atoms. The summed E-state index contributed by atoms with van der Waals surface area (Å²) in [5.74, 6) is 2.80. The summed E-state index contributed by atoms with van der Waals surface area (Å²) < 4.78 is 0. The molecule has 4 aliphatic carbocycles. The average Bonchev–Trinajstić information content (AvgIpc) is 3.00. The molecule has 5 unspecified atom stereocenters. The standard InChI is InChI=1S/C27H32N2O/c1-27-11-10-18-12-20-14-22(30)5-2-17(20)3-6-23(18)25(27)8-7-24(27)19-4-9-26-21(13-19)15-28-16-29-26/h4,9-10,12-13,15-17,22-25,30H,2-3,5-8,11,14H2,1H3/t17?,22?,23?,24-,25?,27?/m1/s1. The van der Waals surface area contributed by atoms with Gasteiger partial charge in [0.15, 0.2) is 0 Å². The molecule has 2 aromatic rings. The highest BCUT2D eigenvalue weighted by Gasteiger charge is 2.52. The molecule has 1 aromatic carbocycles. The Kier molecular flexibility index (Phi) is 4.38. The third kappa shape index (κ3) is 2.89. The van der Waals surface area contributed by atoms with Crippen LogP contribution in [0.4, 0.5) is 0 Å². The number of fused-ring (bicyclic) bond motifs is 5. The normalized spacial score (nSPS) is 38.1. The van der Waals surface area contributed by atoms with Crippen molar-refractivity contribution in [3.05, 3.63) is 59.6 Å². The van der Waals surface area contributed by atoms with Crippen molar-refractivity contribution >= 4 is 10.9 Å². The fraction of sp³-hybridized carbons (Fsp3) is 0.556. The summed E-state index contributed by atoms with van der Waals surface area (Å²) in [7, 11) is 0. The van der Waals surface area contributed by atoms with E-state index in [1.807, 2.05) is 6.20 Å². The lowest BCUT2D eigenvalue weighted by Gasteiger charge is -2.44. The van der Waals surface area contributed by atoms with Crippen LogP contribution in [0.3, 0.4) is 0 Å². The first-order valence-corrected chi connectivity index (χ1v) is 11.9. The van der Waals surface area contributed by atoms with E-state index in [0.717, 1.165) is 29.7 Å². The third-order valence-electron chi connectivity index (χ3n) is 9.05. The second-order valence-corrected chi connectivity index (χ2v) is 10.5. The summed E-state index contributed by atoms with van der Waals surface area (Å²) in [5, 5.41) is 11.4. The van der Waals surface area contributed by atoms with Gasteiger partial charge in [-0.25, -0.2) is 9.97 Å². The third-order valence-corrected chi connectivity index (χ3v) is 9.05. The molecular weight excluding hydrogens is 368 g/mol. The Labute approximate surface area is 179 Å². The number of aromatic nitrogens is 2. The predicted octanol–water partition coefficient (Wildman–Crippen LogP) is 5.96. The summed E-state index contributed by atoms with van der Waals surface area (Å²) >= 11 is 0. The van der Waals surface area contributed by atoms with Crippen molar-refractivity contribution in [2.45, 2.75) is 70.3 Å². The Morgan fingerprint density at radius 1 is 1.07 bits per heavy atom. The van der Waals surface area contributed by atoms with E-state index >= 15 is 0 Å². The Morgan fingerprint density at radius 2 is 1.97 bits per heavy atom. The number of aliphatic hydroxyl groups is 1. The van der Waals surface area contributed by atoms with Crippen LogP contribution in [-0.4, -0.2) is 21.2 Å². The number of benzene rings is 1. The predicted molar refractivity (Wildman–Crippen MR) is 120 cm³/mol. The zero-order valence-electron chi connectivity index (χ0n) is 17.9. The average molecular weight is 401 g/mol. The van der Waals surface area contributed by atoms with E-state index in [0.29, 0.717) is 23.2 Å². The second kappa shape index (κ2) is 7.02. The van der Waals surface area contributed by atoms with E-state index in [4.69, 9.17) is 0 Å². The largest absolute Gasteiger partial charge is 0.393 e. The number of aliphatic hydroxyl groups excluding tert-OH is 1. The van der Waals surface area contributed by atoms with E-state index in [2.05, 4.69) is 47.2 Å². The maximum atomic E-state index is 10.2. The van der Waals surface area contributed by atoms with Crippen molar-refractivity contribution in [2.24, 2.45) is 23.2 Å². The zero-order chi connectivity index (χ0) is 20.3. The van der Waals surface area contributed by atoms with Gasteiger partial charge < -0.3 is 5.11 Å². The van der Waals surface area contributed by atoms with Crippen LogP contribution in [0.15, 0.2) is 54.0 Å². The Morgan fingerprint density at radius 3 is 2.90 bits per heavy atom. The van der Waals surface area contributed by atoms with Crippen LogP contribution >= 0.6 is 0 Å². The molecule has 156 valence electrons. The molecule has 3 heteroatoms.